The van der Waals surface area contributed by atoms with Gasteiger partial charge in [-0.3, -0.25) is 0 Å². The zero-order valence-corrected chi connectivity index (χ0v) is 12.6. The van der Waals surface area contributed by atoms with Crippen molar-refractivity contribution >= 4 is 11.3 Å². The van der Waals surface area contributed by atoms with Crippen LogP contribution < -0.4 is 0 Å². The molecule has 106 valence electrons. The van der Waals surface area contributed by atoms with Crippen molar-refractivity contribution < 1.29 is 0 Å². The quantitative estimate of drug-likeness (QED) is 0.551. The topological polar surface area (TPSA) is 30.7 Å². The summed E-state index contributed by atoms with van der Waals surface area (Å²) < 4.78 is 1.90. The van der Waals surface area contributed by atoms with E-state index < -0.39 is 0 Å². The lowest BCUT2D eigenvalue weighted by Gasteiger charge is -2.03. The van der Waals surface area contributed by atoms with Crippen LogP contribution >= 0.6 is 11.3 Å². The van der Waals surface area contributed by atoms with E-state index in [1.807, 2.05) is 53.3 Å². The van der Waals surface area contributed by atoms with Crippen LogP contribution in [0.4, 0.5) is 0 Å². The Morgan fingerprint density at radius 2 is 1.45 bits per heavy atom. The summed E-state index contributed by atoms with van der Waals surface area (Å²) in [5.41, 5.74) is 4.29. The van der Waals surface area contributed by atoms with Gasteiger partial charge in [0.05, 0.1) is 17.6 Å². The fourth-order valence-corrected chi connectivity index (χ4v) is 3.19. The van der Waals surface area contributed by atoms with Crippen LogP contribution in [0, 0.1) is 0 Å². The fourth-order valence-electron chi connectivity index (χ4n) is 2.39. The van der Waals surface area contributed by atoms with Gasteiger partial charge < -0.3 is 0 Å². The van der Waals surface area contributed by atoms with Gasteiger partial charge in [0.2, 0.25) is 5.13 Å². The minimum absolute atomic E-state index is 0.878. The first-order valence-corrected chi connectivity index (χ1v) is 7.90. The lowest BCUT2D eigenvalue weighted by Crippen LogP contribution is -1.98. The van der Waals surface area contributed by atoms with Crippen LogP contribution in [0.3, 0.4) is 0 Å². The number of nitrogens with zero attached hydrogens (tertiary/aromatic N) is 3. The van der Waals surface area contributed by atoms with Gasteiger partial charge >= 0.3 is 0 Å². The minimum Gasteiger partial charge on any atom is -0.218 e. The summed E-state index contributed by atoms with van der Waals surface area (Å²) >= 11 is 1.60. The molecule has 0 atom stereocenters. The first-order chi connectivity index (χ1) is 10.9. The van der Waals surface area contributed by atoms with E-state index in [4.69, 9.17) is 4.98 Å². The smallest absolute Gasteiger partial charge is 0.211 e. The summed E-state index contributed by atoms with van der Waals surface area (Å²) in [6.45, 7) is 0. The molecule has 0 N–H and O–H groups in total. The second-order valence-electron chi connectivity index (χ2n) is 4.88. The number of rotatable bonds is 3. The largest absolute Gasteiger partial charge is 0.218 e. The molecular weight excluding hydrogens is 290 g/mol. The second-order valence-corrected chi connectivity index (χ2v) is 5.71. The zero-order valence-electron chi connectivity index (χ0n) is 11.8. The van der Waals surface area contributed by atoms with Crippen molar-refractivity contribution in [2.75, 3.05) is 0 Å². The molecule has 0 amide bonds. The van der Waals surface area contributed by atoms with Gasteiger partial charge in [-0.15, -0.1) is 11.3 Å². The summed E-state index contributed by atoms with van der Waals surface area (Å²) in [4.78, 5) is 4.73. The first-order valence-electron chi connectivity index (χ1n) is 7.02. The molecule has 0 unspecified atom stereocenters. The van der Waals surface area contributed by atoms with E-state index in [0.717, 1.165) is 27.6 Å². The molecule has 2 heterocycles. The predicted molar refractivity (Wildman–Crippen MR) is 90.1 cm³/mol. The van der Waals surface area contributed by atoms with E-state index in [1.54, 1.807) is 11.3 Å². The standard InChI is InChI=1S/C18H13N3S/c1-3-7-14(8-4-1)16-13-22-18(20-16)21-17(11-12-19-21)15-9-5-2-6-10-15/h1-13H. The van der Waals surface area contributed by atoms with Gasteiger partial charge in [0.1, 0.15) is 0 Å². The second kappa shape index (κ2) is 5.58. The Morgan fingerprint density at radius 1 is 0.773 bits per heavy atom. The highest BCUT2D eigenvalue weighted by Gasteiger charge is 2.11. The predicted octanol–water partition coefficient (Wildman–Crippen LogP) is 4.66. The Kier molecular flexibility index (Phi) is 3.29. The summed E-state index contributed by atoms with van der Waals surface area (Å²) in [7, 11) is 0. The van der Waals surface area contributed by atoms with Crippen LogP contribution in [0.25, 0.3) is 27.6 Å². The normalized spacial score (nSPS) is 10.7. The number of hydrogen-bond acceptors (Lipinski definition) is 3. The summed E-state index contributed by atoms with van der Waals surface area (Å²) in [5.74, 6) is 0. The average molecular weight is 303 g/mol. The molecule has 3 nitrogen and oxygen atoms in total. The van der Waals surface area contributed by atoms with Crippen LogP contribution in [0.1, 0.15) is 0 Å². The molecule has 0 saturated carbocycles. The van der Waals surface area contributed by atoms with Crippen molar-refractivity contribution in [3.63, 3.8) is 0 Å². The zero-order chi connectivity index (χ0) is 14.8. The maximum absolute atomic E-state index is 4.73. The van der Waals surface area contributed by atoms with Crippen molar-refractivity contribution in [2.45, 2.75) is 0 Å². The SMILES string of the molecule is c1ccc(-c2csc(-n3nccc3-c3ccccc3)n2)cc1. The molecule has 2 aromatic carbocycles. The Labute approximate surface area is 132 Å². The van der Waals surface area contributed by atoms with E-state index in [1.165, 1.54) is 0 Å². The molecule has 0 saturated heterocycles. The third kappa shape index (κ3) is 2.34. The molecule has 4 rings (SSSR count). The van der Waals surface area contributed by atoms with Gasteiger partial charge in [-0.2, -0.15) is 5.10 Å². The summed E-state index contributed by atoms with van der Waals surface area (Å²) in [6.07, 6.45) is 1.81. The third-order valence-corrected chi connectivity index (χ3v) is 4.27. The fraction of sp³-hybridized carbons (Fsp3) is 0. The van der Waals surface area contributed by atoms with Crippen molar-refractivity contribution in [3.05, 3.63) is 78.3 Å². The van der Waals surface area contributed by atoms with Crippen molar-refractivity contribution in [3.8, 4) is 27.6 Å². The van der Waals surface area contributed by atoms with E-state index in [9.17, 15) is 0 Å². The summed E-state index contributed by atoms with van der Waals surface area (Å²) in [5, 5.41) is 7.38. The van der Waals surface area contributed by atoms with Gasteiger partial charge in [-0.1, -0.05) is 60.7 Å². The molecular formula is C18H13N3S. The molecule has 0 spiro atoms. The van der Waals surface area contributed by atoms with Crippen LogP contribution in [-0.4, -0.2) is 14.8 Å². The number of thiazole rings is 1. The highest BCUT2D eigenvalue weighted by atomic mass is 32.1. The highest BCUT2D eigenvalue weighted by Crippen LogP contribution is 2.27. The third-order valence-electron chi connectivity index (χ3n) is 3.46. The van der Waals surface area contributed by atoms with E-state index in [-0.39, 0.29) is 0 Å². The Hall–Kier alpha value is -2.72. The number of hydrogen-bond donors (Lipinski definition) is 0. The van der Waals surface area contributed by atoms with E-state index in [2.05, 4.69) is 34.7 Å². The lowest BCUT2D eigenvalue weighted by molar-refractivity contribution is 0.878. The first kappa shape index (κ1) is 13.0. The Bertz CT molecular complexity index is 879. The number of aromatic nitrogens is 3. The maximum Gasteiger partial charge on any atom is 0.211 e. The molecule has 0 bridgehead atoms. The molecule has 0 aliphatic carbocycles. The number of benzene rings is 2. The van der Waals surface area contributed by atoms with E-state index >= 15 is 0 Å². The van der Waals surface area contributed by atoms with Crippen LogP contribution in [0.15, 0.2) is 78.3 Å². The molecule has 0 fully saturated rings. The van der Waals surface area contributed by atoms with Crippen molar-refractivity contribution in [1.29, 1.82) is 0 Å². The summed E-state index contributed by atoms with van der Waals surface area (Å²) in [6, 6.07) is 22.5. The Balaban J connectivity index is 1.76. The average Bonchev–Trinajstić information content (AvgIpc) is 3.25. The van der Waals surface area contributed by atoms with Gasteiger partial charge in [0, 0.05) is 16.5 Å². The lowest BCUT2D eigenvalue weighted by atomic mass is 10.1. The van der Waals surface area contributed by atoms with Gasteiger partial charge in [0.25, 0.3) is 0 Å². The molecule has 0 aliphatic rings. The van der Waals surface area contributed by atoms with Crippen LogP contribution in [0.2, 0.25) is 0 Å². The van der Waals surface area contributed by atoms with Crippen molar-refractivity contribution in [2.24, 2.45) is 0 Å². The minimum atomic E-state index is 0.878. The van der Waals surface area contributed by atoms with Gasteiger partial charge in [0.15, 0.2) is 0 Å². The molecule has 0 aliphatic heterocycles. The monoisotopic (exact) mass is 303 g/mol. The Morgan fingerprint density at radius 3 is 2.18 bits per heavy atom. The van der Waals surface area contributed by atoms with Crippen molar-refractivity contribution in [1.82, 2.24) is 14.8 Å². The molecule has 0 radical (unpaired) electrons. The van der Waals surface area contributed by atoms with Gasteiger partial charge in [-0.25, -0.2) is 9.67 Å². The molecule has 4 aromatic rings. The van der Waals surface area contributed by atoms with Crippen LogP contribution in [-0.2, 0) is 0 Å². The molecule has 22 heavy (non-hydrogen) atoms. The highest BCUT2D eigenvalue weighted by molar-refractivity contribution is 7.12. The molecule has 2 aromatic heterocycles. The van der Waals surface area contributed by atoms with Crippen LogP contribution in [0.5, 0.6) is 0 Å². The maximum atomic E-state index is 4.73. The molecule has 4 heteroatoms. The van der Waals surface area contributed by atoms with E-state index in [0.29, 0.717) is 0 Å². The van der Waals surface area contributed by atoms with Gasteiger partial charge in [-0.05, 0) is 6.07 Å².